The summed E-state index contributed by atoms with van der Waals surface area (Å²) in [5, 5.41) is 10.5. The molecule has 1 heterocycles. The minimum Gasteiger partial charge on any atom is -0.431 e. The fraction of sp³-hybridized carbons (Fsp3) is 0.462. The number of hydrogen-bond acceptors (Lipinski definition) is 7. The van der Waals surface area contributed by atoms with Crippen LogP contribution in [0.1, 0.15) is 13.8 Å². The number of carbonyl (C=O) groups is 1. The van der Waals surface area contributed by atoms with Crippen LogP contribution in [-0.4, -0.2) is 36.2 Å². The Hall–Kier alpha value is -2.19. The van der Waals surface area contributed by atoms with E-state index < -0.39 is 16.9 Å². The average molecular weight is 297 g/mol. The van der Waals surface area contributed by atoms with E-state index in [9.17, 15) is 14.9 Å². The zero-order valence-corrected chi connectivity index (χ0v) is 11.6. The largest absolute Gasteiger partial charge is 0.513 e. The zero-order chi connectivity index (χ0) is 15.5. The van der Waals surface area contributed by atoms with Gasteiger partial charge in [-0.25, -0.2) is 4.79 Å². The first-order valence-corrected chi connectivity index (χ1v) is 6.26. The fourth-order valence-corrected chi connectivity index (χ4v) is 1.77. The molecule has 0 amide bonds. The van der Waals surface area contributed by atoms with Crippen LogP contribution in [0, 0.1) is 10.1 Å². The Morgan fingerprint density at radius 3 is 2.62 bits per heavy atom. The molecule has 21 heavy (non-hydrogen) atoms. The molecule has 1 fully saturated rings. The van der Waals surface area contributed by atoms with Crippen molar-refractivity contribution in [1.82, 2.24) is 0 Å². The Balaban J connectivity index is 1.78. The molecule has 0 N–H and O–H groups in total. The van der Waals surface area contributed by atoms with Gasteiger partial charge in [-0.05, 0) is 26.0 Å². The van der Waals surface area contributed by atoms with Crippen LogP contribution >= 0.6 is 0 Å². The van der Waals surface area contributed by atoms with Crippen molar-refractivity contribution in [3.8, 4) is 5.75 Å². The first-order valence-electron chi connectivity index (χ1n) is 6.26. The molecular formula is C13H15NO7. The van der Waals surface area contributed by atoms with Gasteiger partial charge in [0, 0.05) is 12.1 Å². The van der Waals surface area contributed by atoms with E-state index in [1.165, 1.54) is 24.3 Å². The molecule has 1 unspecified atom stereocenters. The molecule has 114 valence electrons. The second-order valence-corrected chi connectivity index (χ2v) is 4.86. The van der Waals surface area contributed by atoms with E-state index >= 15 is 0 Å². The Kier molecular flexibility index (Phi) is 4.39. The number of rotatable bonds is 4. The molecule has 0 saturated carbocycles. The van der Waals surface area contributed by atoms with E-state index in [2.05, 4.69) is 0 Å². The van der Waals surface area contributed by atoms with Crippen molar-refractivity contribution in [2.24, 2.45) is 0 Å². The van der Waals surface area contributed by atoms with Gasteiger partial charge in [0.25, 0.3) is 5.69 Å². The smallest absolute Gasteiger partial charge is 0.431 e. The quantitative estimate of drug-likeness (QED) is 0.364. The van der Waals surface area contributed by atoms with Crippen LogP contribution in [0.2, 0.25) is 0 Å². The van der Waals surface area contributed by atoms with Crippen molar-refractivity contribution in [3.05, 3.63) is 34.4 Å². The van der Waals surface area contributed by atoms with Crippen molar-refractivity contribution >= 4 is 11.8 Å². The first-order chi connectivity index (χ1) is 9.85. The summed E-state index contributed by atoms with van der Waals surface area (Å²) in [6.45, 7) is 3.87. The maximum atomic E-state index is 11.5. The molecular weight excluding hydrogens is 282 g/mol. The Morgan fingerprint density at radius 1 is 1.43 bits per heavy atom. The van der Waals surface area contributed by atoms with Crippen LogP contribution in [0.25, 0.3) is 0 Å². The molecule has 1 saturated heterocycles. The summed E-state index contributed by atoms with van der Waals surface area (Å²) in [6, 6.07) is 5.10. The van der Waals surface area contributed by atoms with Crippen molar-refractivity contribution in [1.29, 1.82) is 0 Å². The van der Waals surface area contributed by atoms with Crippen molar-refractivity contribution < 1.29 is 28.7 Å². The highest BCUT2D eigenvalue weighted by molar-refractivity contribution is 5.64. The molecule has 8 nitrogen and oxygen atoms in total. The Bertz CT molecular complexity index is 526. The SMILES string of the molecule is CC1(C)OCC(COC(=O)Oc2ccc([N+](=O)[O-])cc2)O1. The van der Waals surface area contributed by atoms with Crippen molar-refractivity contribution in [2.45, 2.75) is 25.7 Å². The highest BCUT2D eigenvalue weighted by atomic mass is 16.8. The van der Waals surface area contributed by atoms with Crippen LogP contribution in [-0.2, 0) is 14.2 Å². The predicted molar refractivity (Wildman–Crippen MR) is 70.0 cm³/mol. The third kappa shape index (κ3) is 4.40. The predicted octanol–water partition coefficient (Wildman–Crippen LogP) is 2.26. The summed E-state index contributed by atoms with van der Waals surface area (Å²) in [7, 11) is 0. The molecule has 0 aliphatic carbocycles. The highest BCUT2D eigenvalue weighted by Gasteiger charge is 2.33. The van der Waals surface area contributed by atoms with E-state index in [4.69, 9.17) is 18.9 Å². The van der Waals surface area contributed by atoms with E-state index in [0.29, 0.717) is 6.61 Å². The number of non-ortho nitro benzene ring substituents is 1. The van der Waals surface area contributed by atoms with E-state index in [0.717, 1.165) is 0 Å². The molecule has 0 radical (unpaired) electrons. The van der Waals surface area contributed by atoms with Gasteiger partial charge in [-0.3, -0.25) is 10.1 Å². The number of benzene rings is 1. The monoisotopic (exact) mass is 297 g/mol. The lowest BCUT2D eigenvalue weighted by atomic mass is 10.3. The molecule has 8 heteroatoms. The van der Waals surface area contributed by atoms with Gasteiger partial charge in [-0.2, -0.15) is 0 Å². The Labute approximate surface area is 120 Å². The number of carbonyl (C=O) groups excluding carboxylic acids is 1. The van der Waals surface area contributed by atoms with Crippen LogP contribution in [0.5, 0.6) is 5.75 Å². The van der Waals surface area contributed by atoms with Gasteiger partial charge in [0.1, 0.15) is 18.5 Å². The van der Waals surface area contributed by atoms with Crippen LogP contribution in [0.3, 0.4) is 0 Å². The molecule has 1 aromatic rings. The van der Waals surface area contributed by atoms with Gasteiger partial charge in [0.05, 0.1) is 11.5 Å². The van der Waals surface area contributed by atoms with E-state index in [1.54, 1.807) is 13.8 Å². The van der Waals surface area contributed by atoms with Crippen LogP contribution in [0.15, 0.2) is 24.3 Å². The fourth-order valence-electron chi connectivity index (χ4n) is 1.77. The minimum atomic E-state index is -0.905. The number of hydrogen-bond donors (Lipinski definition) is 0. The number of nitro groups is 1. The average Bonchev–Trinajstić information content (AvgIpc) is 2.77. The molecule has 0 bridgehead atoms. The topological polar surface area (TPSA) is 97.1 Å². The van der Waals surface area contributed by atoms with Gasteiger partial charge in [0.2, 0.25) is 0 Å². The number of ether oxygens (including phenoxy) is 4. The van der Waals surface area contributed by atoms with E-state index in [-0.39, 0.29) is 24.1 Å². The van der Waals surface area contributed by atoms with Gasteiger partial charge < -0.3 is 18.9 Å². The third-order valence-corrected chi connectivity index (χ3v) is 2.70. The maximum Gasteiger partial charge on any atom is 0.513 e. The Morgan fingerprint density at radius 2 is 2.10 bits per heavy atom. The highest BCUT2D eigenvalue weighted by Crippen LogP contribution is 2.22. The molecule has 1 atom stereocenters. The van der Waals surface area contributed by atoms with Crippen molar-refractivity contribution in [2.75, 3.05) is 13.2 Å². The summed E-state index contributed by atoms with van der Waals surface area (Å²) >= 11 is 0. The maximum absolute atomic E-state index is 11.5. The van der Waals surface area contributed by atoms with Crippen LogP contribution < -0.4 is 4.74 Å². The van der Waals surface area contributed by atoms with Gasteiger partial charge >= 0.3 is 6.16 Å². The zero-order valence-electron chi connectivity index (χ0n) is 11.6. The summed E-state index contributed by atoms with van der Waals surface area (Å²) in [5.74, 6) is -0.523. The van der Waals surface area contributed by atoms with Gasteiger partial charge in [-0.1, -0.05) is 0 Å². The lowest BCUT2D eigenvalue weighted by molar-refractivity contribution is -0.384. The van der Waals surface area contributed by atoms with Gasteiger partial charge in [-0.15, -0.1) is 0 Å². The van der Waals surface area contributed by atoms with Crippen molar-refractivity contribution in [3.63, 3.8) is 0 Å². The lowest BCUT2D eigenvalue weighted by Gasteiger charge is -2.16. The molecule has 1 aliphatic heterocycles. The second-order valence-electron chi connectivity index (χ2n) is 4.86. The minimum absolute atomic E-state index is 0.00917. The molecule has 0 aromatic heterocycles. The third-order valence-electron chi connectivity index (χ3n) is 2.70. The molecule has 1 aliphatic rings. The lowest BCUT2D eigenvalue weighted by Crippen LogP contribution is -2.25. The summed E-state index contributed by atoms with van der Waals surface area (Å²) in [6.07, 6.45) is -1.25. The number of nitro benzene ring substituents is 1. The molecule has 2 rings (SSSR count). The van der Waals surface area contributed by atoms with E-state index in [1.807, 2.05) is 0 Å². The number of nitrogens with zero attached hydrogens (tertiary/aromatic N) is 1. The summed E-state index contributed by atoms with van der Waals surface area (Å²) in [4.78, 5) is 21.4. The summed E-state index contributed by atoms with van der Waals surface area (Å²) < 4.78 is 20.6. The summed E-state index contributed by atoms with van der Waals surface area (Å²) in [5.41, 5.74) is -0.0885. The second kappa shape index (κ2) is 6.06. The van der Waals surface area contributed by atoms with Gasteiger partial charge in [0.15, 0.2) is 5.79 Å². The van der Waals surface area contributed by atoms with Crippen LogP contribution in [0.4, 0.5) is 10.5 Å². The molecule has 1 aromatic carbocycles. The normalized spacial score (nSPS) is 20.0. The standard InChI is InChI=1S/C13H15NO7/c1-13(2)19-8-11(21-13)7-18-12(15)20-10-5-3-9(4-6-10)14(16)17/h3-6,11H,7-8H2,1-2H3. The molecule has 0 spiro atoms. The first kappa shape index (κ1) is 15.2.